The summed E-state index contributed by atoms with van der Waals surface area (Å²) in [5.74, 6) is 1.60. The molecule has 1 amide bonds. The zero-order valence-corrected chi connectivity index (χ0v) is 18.1. The highest BCUT2D eigenvalue weighted by atomic mass is 32.2. The summed E-state index contributed by atoms with van der Waals surface area (Å²) in [4.78, 5) is 15.2. The summed E-state index contributed by atoms with van der Waals surface area (Å²) in [5, 5.41) is 9.08. The van der Waals surface area contributed by atoms with Crippen LogP contribution in [-0.2, 0) is 4.79 Å². The quantitative estimate of drug-likeness (QED) is 0.653. The van der Waals surface area contributed by atoms with Crippen molar-refractivity contribution in [2.75, 3.05) is 25.6 Å². The fourth-order valence-corrected chi connectivity index (χ4v) is 4.76. The predicted molar refractivity (Wildman–Crippen MR) is 118 cm³/mol. The van der Waals surface area contributed by atoms with Crippen LogP contribution in [0.5, 0.6) is 5.75 Å². The highest BCUT2D eigenvalue weighted by Crippen LogP contribution is 2.39. The van der Waals surface area contributed by atoms with Gasteiger partial charge < -0.3 is 15.1 Å². The number of hydrogen-bond acceptors (Lipinski definition) is 6. The molecule has 7 nitrogen and oxygen atoms in total. The van der Waals surface area contributed by atoms with Crippen LogP contribution in [0, 0.1) is 0 Å². The second kappa shape index (κ2) is 8.79. The van der Waals surface area contributed by atoms with Crippen LogP contribution in [0.25, 0.3) is 11.4 Å². The smallest absolute Gasteiger partial charge is 0.238 e. The van der Waals surface area contributed by atoms with Gasteiger partial charge in [0.25, 0.3) is 0 Å². The lowest BCUT2D eigenvalue weighted by molar-refractivity contribution is -0.130. The second-order valence-electron chi connectivity index (χ2n) is 6.94. The summed E-state index contributed by atoms with van der Waals surface area (Å²) in [6.45, 7) is 5.34. The van der Waals surface area contributed by atoms with Crippen LogP contribution >= 0.6 is 11.8 Å². The van der Waals surface area contributed by atoms with Gasteiger partial charge in [0, 0.05) is 18.7 Å². The van der Waals surface area contributed by atoms with Crippen molar-refractivity contribution >= 4 is 17.7 Å². The average Bonchev–Trinajstić information content (AvgIpc) is 3.22. The number of amides is 1. The highest BCUT2D eigenvalue weighted by molar-refractivity contribution is 8.00. The van der Waals surface area contributed by atoms with Crippen LogP contribution in [0.15, 0.2) is 59.8 Å². The van der Waals surface area contributed by atoms with Gasteiger partial charge in [0.15, 0.2) is 5.82 Å². The first kappa shape index (κ1) is 20.3. The van der Waals surface area contributed by atoms with E-state index >= 15 is 0 Å². The maximum absolute atomic E-state index is 13.3. The molecule has 0 spiro atoms. The van der Waals surface area contributed by atoms with Crippen LogP contribution in [0.1, 0.15) is 25.5 Å². The van der Waals surface area contributed by atoms with E-state index in [1.807, 2.05) is 78.0 Å². The highest BCUT2D eigenvalue weighted by Gasteiger charge is 2.39. The van der Waals surface area contributed by atoms with Crippen molar-refractivity contribution < 1.29 is 9.53 Å². The van der Waals surface area contributed by atoms with Crippen molar-refractivity contribution in [2.45, 2.75) is 30.3 Å². The Morgan fingerprint density at radius 2 is 1.80 bits per heavy atom. The number of nitrogens with zero attached hydrogens (tertiary/aromatic N) is 4. The van der Waals surface area contributed by atoms with Crippen molar-refractivity contribution in [3.63, 3.8) is 0 Å². The molecule has 8 heteroatoms. The van der Waals surface area contributed by atoms with Gasteiger partial charge in [-0.1, -0.05) is 54.2 Å². The maximum Gasteiger partial charge on any atom is 0.238 e. The Labute approximate surface area is 180 Å². The summed E-state index contributed by atoms with van der Waals surface area (Å²) >= 11 is 1.46. The number of hydrogen-bond donors (Lipinski definition) is 1. The SMILES string of the molecule is CCN(CC)C(=O)[C@H]1Sc2nnc(-c3ccccc3)n2N[C@@H]1c1ccc(OC)cc1. The third-order valence-corrected chi connectivity index (χ3v) is 6.46. The molecule has 30 heavy (non-hydrogen) atoms. The molecule has 0 aliphatic carbocycles. The molecule has 4 rings (SSSR count). The topological polar surface area (TPSA) is 72.3 Å². The molecule has 0 radical (unpaired) electrons. The van der Waals surface area contributed by atoms with E-state index in [1.54, 1.807) is 7.11 Å². The van der Waals surface area contributed by atoms with Gasteiger partial charge in [-0.3, -0.25) is 4.79 Å². The van der Waals surface area contributed by atoms with Gasteiger partial charge in [0.05, 0.1) is 13.2 Å². The van der Waals surface area contributed by atoms with Crippen LogP contribution in [-0.4, -0.2) is 51.1 Å². The molecule has 0 saturated carbocycles. The zero-order valence-electron chi connectivity index (χ0n) is 17.3. The van der Waals surface area contributed by atoms with E-state index in [-0.39, 0.29) is 17.2 Å². The van der Waals surface area contributed by atoms with Crippen LogP contribution < -0.4 is 10.2 Å². The van der Waals surface area contributed by atoms with Gasteiger partial charge in [-0.05, 0) is 31.5 Å². The van der Waals surface area contributed by atoms with Crippen molar-refractivity contribution in [1.82, 2.24) is 19.8 Å². The lowest BCUT2D eigenvalue weighted by atomic mass is 10.0. The van der Waals surface area contributed by atoms with Crippen molar-refractivity contribution in [3.8, 4) is 17.1 Å². The van der Waals surface area contributed by atoms with Crippen LogP contribution in [0.4, 0.5) is 0 Å². The minimum absolute atomic E-state index is 0.0915. The van der Waals surface area contributed by atoms with Gasteiger partial charge >= 0.3 is 0 Å². The number of thioether (sulfide) groups is 1. The molecule has 1 aliphatic heterocycles. The van der Waals surface area contributed by atoms with Crippen molar-refractivity contribution in [1.29, 1.82) is 0 Å². The van der Waals surface area contributed by atoms with Crippen molar-refractivity contribution in [2.24, 2.45) is 0 Å². The number of benzene rings is 2. The molecule has 156 valence electrons. The summed E-state index contributed by atoms with van der Waals surface area (Å²) < 4.78 is 7.19. The summed E-state index contributed by atoms with van der Waals surface area (Å²) in [6.07, 6.45) is 0. The Balaban J connectivity index is 1.75. The number of fused-ring (bicyclic) bond motifs is 1. The third-order valence-electron chi connectivity index (χ3n) is 5.26. The lowest BCUT2D eigenvalue weighted by Crippen LogP contribution is -2.46. The van der Waals surface area contributed by atoms with Crippen molar-refractivity contribution in [3.05, 3.63) is 60.2 Å². The molecule has 1 aliphatic rings. The molecule has 0 fully saturated rings. The molecular weight excluding hydrogens is 398 g/mol. The first-order valence-corrected chi connectivity index (χ1v) is 10.9. The number of aromatic nitrogens is 3. The Bertz CT molecular complexity index is 1000. The van der Waals surface area contributed by atoms with E-state index in [0.717, 1.165) is 22.7 Å². The molecule has 0 saturated heterocycles. The Morgan fingerprint density at radius 3 is 2.43 bits per heavy atom. The fourth-order valence-electron chi connectivity index (χ4n) is 3.59. The Hall–Kier alpha value is -3.00. The molecule has 2 aromatic carbocycles. The van der Waals surface area contributed by atoms with Gasteiger partial charge in [-0.15, -0.1) is 10.2 Å². The zero-order chi connectivity index (χ0) is 21.1. The molecule has 0 unspecified atom stereocenters. The molecule has 0 bridgehead atoms. The van der Waals surface area contributed by atoms with E-state index in [1.165, 1.54) is 11.8 Å². The summed E-state index contributed by atoms with van der Waals surface area (Å²) in [5.41, 5.74) is 5.49. The molecule has 3 aromatic rings. The molecule has 2 atom stereocenters. The van der Waals surface area contributed by atoms with Crippen LogP contribution in [0.3, 0.4) is 0 Å². The minimum atomic E-state index is -0.349. The normalized spacial score (nSPS) is 17.7. The molecule has 1 aromatic heterocycles. The first-order valence-electron chi connectivity index (χ1n) is 10.0. The van der Waals surface area contributed by atoms with Gasteiger partial charge in [0.1, 0.15) is 11.0 Å². The van der Waals surface area contributed by atoms with E-state index in [4.69, 9.17) is 4.74 Å². The summed E-state index contributed by atoms with van der Waals surface area (Å²) in [6, 6.07) is 17.5. The molecule has 2 heterocycles. The number of carbonyl (C=O) groups is 1. The Morgan fingerprint density at radius 1 is 1.10 bits per heavy atom. The lowest BCUT2D eigenvalue weighted by Gasteiger charge is -2.35. The fraction of sp³-hybridized carbons (Fsp3) is 0.318. The largest absolute Gasteiger partial charge is 0.497 e. The average molecular weight is 424 g/mol. The van der Waals surface area contributed by atoms with Gasteiger partial charge in [-0.2, -0.15) is 0 Å². The van der Waals surface area contributed by atoms with E-state index in [2.05, 4.69) is 15.6 Å². The summed E-state index contributed by atoms with van der Waals surface area (Å²) in [7, 11) is 1.64. The number of methoxy groups -OCH3 is 1. The molecule has 1 N–H and O–H groups in total. The monoisotopic (exact) mass is 423 g/mol. The number of rotatable bonds is 6. The Kier molecular flexibility index (Phi) is 5.94. The number of nitrogens with one attached hydrogen (secondary N) is 1. The molecular formula is C22H25N5O2S. The standard InChI is InChI=1S/C22H25N5O2S/c1-4-26(5-2)21(28)19-18(15-11-13-17(29-3)14-12-15)25-27-20(23-24-22(27)30-19)16-9-7-6-8-10-16/h6-14,18-19,25H,4-5H2,1-3H3/t18-,19+/m1/s1. The second-order valence-corrected chi connectivity index (χ2v) is 8.05. The van der Waals surface area contributed by atoms with E-state index in [0.29, 0.717) is 18.2 Å². The van der Waals surface area contributed by atoms with E-state index < -0.39 is 0 Å². The predicted octanol–water partition coefficient (Wildman–Crippen LogP) is 3.58. The van der Waals surface area contributed by atoms with Gasteiger partial charge in [0.2, 0.25) is 11.1 Å². The first-order chi connectivity index (χ1) is 14.7. The van der Waals surface area contributed by atoms with E-state index in [9.17, 15) is 4.79 Å². The number of carbonyl (C=O) groups excluding carboxylic acids is 1. The van der Waals surface area contributed by atoms with Gasteiger partial charge in [-0.25, -0.2) is 4.68 Å². The maximum atomic E-state index is 13.3. The third kappa shape index (κ3) is 3.75. The minimum Gasteiger partial charge on any atom is -0.497 e. The van der Waals surface area contributed by atoms with Crippen LogP contribution in [0.2, 0.25) is 0 Å². The number of ether oxygens (including phenoxy) is 1.